The molecule has 218 valence electrons. The van der Waals surface area contributed by atoms with E-state index in [-0.39, 0.29) is 43.5 Å². The van der Waals surface area contributed by atoms with Crippen LogP contribution in [0.3, 0.4) is 0 Å². The van der Waals surface area contributed by atoms with Crippen LogP contribution in [0, 0.1) is 11.8 Å². The van der Waals surface area contributed by atoms with E-state index >= 15 is 0 Å². The molecule has 1 saturated heterocycles. The first-order valence-corrected chi connectivity index (χ1v) is 12.7. The third-order valence-electron chi connectivity index (χ3n) is 7.05. The molecule has 2 fully saturated rings. The van der Waals surface area contributed by atoms with Crippen LogP contribution in [-0.4, -0.2) is 66.9 Å². The Morgan fingerprint density at radius 2 is 1.57 bits per heavy atom. The van der Waals surface area contributed by atoms with Gasteiger partial charge in [0.1, 0.15) is 12.4 Å². The molecule has 40 heavy (non-hydrogen) atoms. The molecule has 0 spiro atoms. The number of hydrogen-bond donors (Lipinski definition) is 2. The number of carbonyl (C=O) groups excluding carboxylic acids is 1. The zero-order valence-corrected chi connectivity index (χ0v) is 21.4. The Bertz CT molecular complexity index is 1170. The summed E-state index contributed by atoms with van der Waals surface area (Å²) in [4.78, 5) is 25.3. The van der Waals surface area contributed by atoms with Gasteiger partial charge in [-0.2, -0.15) is 26.3 Å². The van der Waals surface area contributed by atoms with Gasteiger partial charge in [0.15, 0.2) is 6.10 Å². The topological polar surface area (TPSA) is 88.1 Å². The fraction of sp³-hybridized carbons (Fsp3) is 0.481. The van der Waals surface area contributed by atoms with Crippen molar-refractivity contribution in [1.82, 2.24) is 10.2 Å². The van der Waals surface area contributed by atoms with Crippen molar-refractivity contribution in [2.75, 3.05) is 32.8 Å². The van der Waals surface area contributed by atoms with Gasteiger partial charge in [0.25, 0.3) is 5.91 Å². The average molecular weight is 575 g/mol. The Labute approximate surface area is 226 Å². The lowest BCUT2D eigenvalue weighted by molar-refractivity contribution is -0.150. The first-order valence-electron chi connectivity index (χ1n) is 12.7. The maximum atomic E-state index is 13.1. The number of carbonyl (C=O) groups is 2. The molecule has 7 nitrogen and oxygen atoms in total. The highest BCUT2D eigenvalue weighted by Gasteiger charge is 2.56. The Kier molecular flexibility index (Phi) is 8.64. The molecular formula is C27H28F6N2O5. The number of ether oxygens (including phenoxy) is 2. The normalized spacial score (nSPS) is 21.2. The molecule has 2 aromatic rings. The number of nitrogens with one attached hydrogen (secondary N) is 1. The van der Waals surface area contributed by atoms with Crippen LogP contribution in [0.1, 0.15) is 34.0 Å². The van der Waals surface area contributed by atoms with Gasteiger partial charge in [0.05, 0.1) is 11.1 Å². The van der Waals surface area contributed by atoms with E-state index in [1.807, 2.05) is 0 Å². The first kappa shape index (κ1) is 29.7. The third-order valence-corrected chi connectivity index (χ3v) is 7.05. The summed E-state index contributed by atoms with van der Waals surface area (Å²) in [6.07, 6.45) is -10.7. The van der Waals surface area contributed by atoms with Crippen molar-refractivity contribution in [1.29, 1.82) is 0 Å². The number of likely N-dealkylation sites (tertiary alicyclic amines) is 1. The third kappa shape index (κ3) is 7.05. The molecule has 1 aliphatic carbocycles. The summed E-state index contributed by atoms with van der Waals surface area (Å²) in [7, 11) is 0. The molecule has 1 aliphatic heterocycles. The Morgan fingerprint density at radius 1 is 1.00 bits per heavy atom. The lowest BCUT2D eigenvalue weighted by Crippen LogP contribution is -2.36. The number of nitrogens with zero attached hydrogens (tertiary/aromatic N) is 1. The minimum absolute atomic E-state index is 0.00586. The smallest absolute Gasteiger partial charge is 0.416 e. The Morgan fingerprint density at radius 3 is 2.08 bits per heavy atom. The highest BCUT2D eigenvalue weighted by atomic mass is 19.4. The summed E-state index contributed by atoms with van der Waals surface area (Å²) in [5.74, 6) is -1.17. The van der Waals surface area contributed by atoms with Gasteiger partial charge >= 0.3 is 18.3 Å². The molecule has 0 radical (unpaired) electrons. The fourth-order valence-corrected chi connectivity index (χ4v) is 5.00. The van der Waals surface area contributed by atoms with Gasteiger partial charge in [0, 0.05) is 44.3 Å². The largest absolute Gasteiger partial charge is 0.492 e. The van der Waals surface area contributed by atoms with Gasteiger partial charge in [-0.1, -0.05) is 12.1 Å². The lowest BCUT2D eigenvalue weighted by Gasteiger charge is -2.22. The van der Waals surface area contributed by atoms with Gasteiger partial charge < -0.3 is 24.8 Å². The van der Waals surface area contributed by atoms with Crippen molar-refractivity contribution in [3.05, 3.63) is 64.7 Å². The molecule has 2 aliphatic rings. The quantitative estimate of drug-likeness (QED) is 0.304. The maximum absolute atomic E-state index is 13.1. The van der Waals surface area contributed by atoms with Crippen LogP contribution in [-0.2, 0) is 28.3 Å². The number of benzene rings is 2. The monoisotopic (exact) mass is 574 g/mol. The standard InChI is InChI=1S/C27H28F6N2O5/c1-2-39-22(25(37)38)9-15-3-5-19(6-4-15)40-8-7-34-23-20-13-35(14-21(20)23)24(36)16-10-17(26(28,29)30)12-18(11-16)27(31,32)33/h3-6,10-12,20-23,34H,2,7-9,13-14H2,1H3,(H,37,38)/t20-,21+,22-,23?/m0/s1. The molecule has 13 heteroatoms. The Balaban J connectivity index is 1.23. The molecule has 0 aromatic heterocycles. The summed E-state index contributed by atoms with van der Waals surface area (Å²) in [6, 6.07) is 7.99. The van der Waals surface area contributed by atoms with E-state index in [9.17, 15) is 41.0 Å². The van der Waals surface area contributed by atoms with E-state index in [4.69, 9.17) is 9.47 Å². The number of rotatable bonds is 11. The van der Waals surface area contributed by atoms with Crippen molar-refractivity contribution in [3.63, 3.8) is 0 Å². The first-order chi connectivity index (χ1) is 18.8. The van der Waals surface area contributed by atoms with Gasteiger partial charge in [-0.25, -0.2) is 4.79 Å². The average Bonchev–Trinajstić information content (AvgIpc) is 3.32. The maximum Gasteiger partial charge on any atom is 0.416 e. The van der Waals surface area contributed by atoms with Crippen LogP contribution >= 0.6 is 0 Å². The van der Waals surface area contributed by atoms with E-state index < -0.39 is 47.0 Å². The van der Waals surface area contributed by atoms with E-state index in [0.29, 0.717) is 37.6 Å². The summed E-state index contributed by atoms with van der Waals surface area (Å²) >= 11 is 0. The summed E-state index contributed by atoms with van der Waals surface area (Å²) < 4.78 is 89.7. The second-order valence-corrected chi connectivity index (χ2v) is 9.79. The SMILES string of the molecule is CCO[C@@H](Cc1ccc(OCCNC2[C@H]3CN(C(=O)c4cc(C(F)(F)F)cc(C(F)(F)F)c4)C[C@@H]23)cc1)C(=O)O. The van der Waals surface area contributed by atoms with E-state index in [0.717, 1.165) is 5.56 Å². The molecule has 1 heterocycles. The van der Waals surface area contributed by atoms with Crippen LogP contribution in [0.5, 0.6) is 5.75 Å². The highest BCUT2D eigenvalue weighted by molar-refractivity contribution is 5.95. The number of carboxylic acid groups (broad SMARTS) is 1. The fourth-order valence-electron chi connectivity index (χ4n) is 5.00. The zero-order chi connectivity index (χ0) is 29.2. The van der Waals surface area contributed by atoms with Crippen molar-refractivity contribution in [2.24, 2.45) is 11.8 Å². The van der Waals surface area contributed by atoms with Crippen molar-refractivity contribution >= 4 is 11.9 Å². The number of fused-ring (bicyclic) bond motifs is 1. The minimum Gasteiger partial charge on any atom is -0.492 e. The van der Waals surface area contributed by atoms with E-state index in [2.05, 4.69) is 5.32 Å². The minimum atomic E-state index is -5.02. The summed E-state index contributed by atoms with van der Waals surface area (Å²) in [5.41, 5.74) is -2.88. The molecule has 2 N–H and O–H groups in total. The van der Waals surface area contributed by atoms with Crippen molar-refractivity contribution in [3.8, 4) is 5.75 Å². The molecule has 4 rings (SSSR count). The van der Waals surface area contributed by atoms with Gasteiger partial charge in [0.2, 0.25) is 0 Å². The lowest BCUT2D eigenvalue weighted by atomic mass is 10.0. The molecular weight excluding hydrogens is 546 g/mol. The van der Waals surface area contributed by atoms with Crippen molar-refractivity contribution in [2.45, 2.75) is 37.8 Å². The highest BCUT2D eigenvalue weighted by Crippen LogP contribution is 2.46. The van der Waals surface area contributed by atoms with Crippen LogP contribution < -0.4 is 10.1 Å². The van der Waals surface area contributed by atoms with Gasteiger partial charge in [-0.15, -0.1) is 0 Å². The number of halogens is 6. The number of alkyl halides is 6. The predicted octanol–water partition coefficient (Wildman–Crippen LogP) is 4.50. The summed E-state index contributed by atoms with van der Waals surface area (Å²) in [6.45, 7) is 3.31. The Hall–Kier alpha value is -3.32. The molecule has 1 unspecified atom stereocenters. The van der Waals surface area contributed by atoms with E-state index in [1.54, 1.807) is 31.2 Å². The number of piperidine rings is 1. The number of aliphatic carboxylic acids is 1. The molecule has 1 amide bonds. The number of amides is 1. The summed E-state index contributed by atoms with van der Waals surface area (Å²) in [5, 5.41) is 12.5. The molecule has 4 atom stereocenters. The van der Waals surface area contributed by atoms with Crippen LogP contribution in [0.15, 0.2) is 42.5 Å². The molecule has 1 saturated carbocycles. The van der Waals surface area contributed by atoms with Crippen LogP contribution in [0.4, 0.5) is 26.3 Å². The predicted molar refractivity (Wildman–Crippen MR) is 130 cm³/mol. The van der Waals surface area contributed by atoms with Crippen molar-refractivity contribution < 1.29 is 50.5 Å². The zero-order valence-electron chi connectivity index (χ0n) is 21.4. The molecule has 0 bridgehead atoms. The van der Waals surface area contributed by atoms with Crippen LogP contribution in [0.25, 0.3) is 0 Å². The van der Waals surface area contributed by atoms with E-state index in [1.165, 1.54) is 4.90 Å². The molecule has 2 aromatic carbocycles. The van der Waals surface area contributed by atoms with Crippen LogP contribution in [0.2, 0.25) is 0 Å². The number of hydrogen-bond acceptors (Lipinski definition) is 5. The number of carboxylic acids is 1. The second-order valence-electron chi connectivity index (χ2n) is 9.79. The van der Waals surface area contributed by atoms with Gasteiger partial charge in [-0.3, -0.25) is 4.79 Å². The second kappa shape index (κ2) is 11.7. The van der Waals surface area contributed by atoms with Gasteiger partial charge in [-0.05, 0) is 54.7 Å².